The molecule has 2 atom stereocenters. The molecule has 116 valence electrons. The molecule has 1 aliphatic rings. The molecule has 1 fully saturated rings. The van der Waals surface area contributed by atoms with Crippen LogP contribution in [0.25, 0.3) is 0 Å². The number of ether oxygens (including phenoxy) is 2. The van der Waals surface area contributed by atoms with E-state index in [0.717, 1.165) is 19.4 Å². The lowest BCUT2D eigenvalue weighted by molar-refractivity contribution is -0.122. The van der Waals surface area contributed by atoms with Crippen molar-refractivity contribution >= 4 is 12.0 Å². The molecule has 1 heterocycles. The van der Waals surface area contributed by atoms with Crippen LogP contribution in [0.5, 0.6) is 0 Å². The van der Waals surface area contributed by atoms with Crippen molar-refractivity contribution in [3.8, 4) is 0 Å². The molecule has 0 aromatic heterocycles. The summed E-state index contributed by atoms with van der Waals surface area (Å²) in [7, 11) is 0. The highest BCUT2D eigenvalue weighted by atomic mass is 16.6. The Morgan fingerprint density at radius 2 is 2.10 bits per heavy atom. The van der Waals surface area contributed by atoms with E-state index in [4.69, 9.17) is 9.47 Å². The minimum Gasteiger partial charge on any atom is -0.444 e. The zero-order valence-corrected chi connectivity index (χ0v) is 12.8. The molecule has 0 aromatic carbocycles. The van der Waals surface area contributed by atoms with Crippen molar-refractivity contribution in [3.05, 3.63) is 0 Å². The van der Waals surface area contributed by atoms with Crippen LogP contribution >= 0.6 is 0 Å². The molecule has 1 rings (SSSR count). The molecular weight excluding hydrogens is 260 g/mol. The number of nitrogens with one attached hydrogen (secondary N) is 2. The van der Waals surface area contributed by atoms with E-state index in [2.05, 4.69) is 10.6 Å². The van der Waals surface area contributed by atoms with Gasteiger partial charge in [0.25, 0.3) is 0 Å². The standard InChI is InChI=1S/C14H26N2O4/c1-10(11-6-5-9-19-11)16-12(17)7-8-15-13(18)20-14(2,3)4/h10-11H,5-9H2,1-4H3,(H,15,18)(H,16,17). The van der Waals surface area contributed by atoms with Crippen molar-refractivity contribution in [2.24, 2.45) is 0 Å². The molecule has 6 heteroatoms. The topological polar surface area (TPSA) is 76.7 Å². The van der Waals surface area contributed by atoms with Crippen LogP contribution in [0.4, 0.5) is 4.79 Å². The van der Waals surface area contributed by atoms with Crippen molar-refractivity contribution in [1.29, 1.82) is 0 Å². The van der Waals surface area contributed by atoms with Crippen LogP contribution in [0.2, 0.25) is 0 Å². The Morgan fingerprint density at radius 1 is 1.40 bits per heavy atom. The first-order chi connectivity index (χ1) is 9.28. The van der Waals surface area contributed by atoms with Gasteiger partial charge in [0.2, 0.25) is 5.91 Å². The molecule has 2 amide bonds. The van der Waals surface area contributed by atoms with Crippen molar-refractivity contribution in [2.45, 2.75) is 64.7 Å². The highest BCUT2D eigenvalue weighted by Gasteiger charge is 2.23. The van der Waals surface area contributed by atoms with E-state index in [0.29, 0.717) is 0 Å². The van der Waals surface area contributed by atoms with Crippen LogP contribution in [0.1, 0.15) is 47.0 Å². The number of alkyl carbamates (subject to hydrolysis) is 1. The van der Waals surface area contributed by atoms with E-state index >= 15 is 0 Å². The van der Waals surface area contributed by atoms with Gasteiger partial charge in [-0.2, -0.15) is 0 Å². The summed E-state index contributed by atoms with van der Waals surface area (Å²) in [6.45, 7) is 8.35. The summed E-state index contributed by atoms with van der Waals surface area (Å²) < 4.78 is 10.6. The Balaban J connectivity index is 2.15. The lowest BCUT2D eigenvalue weighted by Crippen LogP contribution is -2.42. The van der Waals surface area contributed by atoms with Crippen LogP contribution in [0.3, 0.4) is 0 Å². The summed E-state index contributed by atoms with van der Waals surface area (Å²) in [5.74, 6) is -0.0935. The van der Waals surface area contributed by atoms with Gasteiger partial charge in [0.1, 0.15) is 5.60 Å². The zero-order chi connectivity index (χ0) is 15.2. The Labute approximate surface area is 120 Å². The first kappa shape index (κ1) is 16.8. The number of hydrogen-bond acceptors (Lipinski definition) is 4. The predicted molar refractivity (Wildman–Crippen MR) is 75.4 cm³/mol. The normalized spacial score (nSPS) is 20.3. The van der Waals surface area contributed by atoms with Gasteiger partial charge in [-0.3, -0.25) is 4.79 Å². The Morgan fingerprint density at radius 3 is 2.65 bits per heavy atom. The van der Waals surface area contributed by atoms with Gasteiger partial charge >= 0.3 is 6.09 Å². The van der Waals surface area contributed by atoms with Gasteiger partial charge in [-0.25, -0.2) is 4.79 Å². The molecular formula is C14H26N2O4. The molecule has 6 nitrogen and oxygen atoms in total. The second-order valence-corrected chi connectivity index (χ2v) is 6.09. The molecule has 0 aromatic rings. The molecule has 1 aliphatic heterocycles. The number of carbonyl (C=O) groups excluding carboxylic acids is 2. The number of carbonyl (C=O) groups is 2. The molecule has 2 unspecified atom stereocenters. The third-order valence-electron chi connectivity index (χ3n) is 2.93. The summed E-state index contributed by atoms with van der Waals surface area (Å²) in [5.41, 5.74) is -0.527. The number of amides is 2. The second-order valence-electron chi connectivity index (χ2n) is 6.09. The molecule has 20 heavy (non-hydrogen) atoms. The summed E-state index contributed by atoms with van der Waals surface area (Å²) in [6.07, 6.45) is 1.87. The van der Waals surface area contributed by atoms with Crippen molar-refractivity contribution in [2.75, 3.05) is 13.2 Å². The maximum absolute atomic E-state index is 11.7. The van der Waals surface area contributed by atoms with Crippen LogP contribution in [-0.2, 0) is 14.3 Å². The van der Waals surface area contributed by atoms with Gasteiger partial charge in [0.05, 0.1) is 12.1 Å². The van der Waals surface area contributed by atoms with Crippen LogP contribution in [0.15, 0.2) is 0 Å². The lowest BCUT2D eigenvalue weighted by Gasteiger charge is -2.21. The number of rotatable bonds is 5. The Hall–Kier alpha value is -1.30. The molecule has 1 saturated heterocycles. The molecule has 0 bridgehead atoms. The molecule has 0 aliphatic carbocycles. The monoisotopic (exact) mass is 286 g/mol. The first-order valence-electron chi connectivity index (χ1n) is 7.16. The lowest BCUT2D eigenvalue weighted by atomic mass is 10.1. The maximum atomic E-state index is 11.7. The Kier molecular flexibility index (Phi) is 6.26. The van der Waals surface area contributed by atoms with Gasteiger partial charge in [-0.1, -0.05) is 0 Å². The van der Waals surface area contributed by atoms with Crippen LogP contribution in [-0.4, -0.2) is 42.9 Å². The van der Waals surface area contributed by atoms with E-state index < -0.39 is 11.7 Å². The van der Waals surface area contributed by atoms with Crippen molar-refractivity contribution in [1.82, 2.24) is 10.6 Å². The molecule has 2 N–H and O–H groups in total. The predicted octanol–water partition coefficient (Wildman–Crippen LogP) is 1.58. The largest absolute Gasteiger partial charge is 0.444 e. The fourth-order valence-electron chi connectivity index (χ4n) is 2.01. The SMILES string of the molecule is CC(NC(=O)CCNC(=O)OC(C)(C)C)C1CCCO1. The quantitative estimate of drug-likeness (QED) is 0.804. The van der Waals surface area contributed by atoms with Crippen molar-refractivity contribution in [3.63, 3.8) is 0 Å². The van der Waals surface area contributed by atoms with Gasteiger partial charge in [0, 0.05) is 19.6 Å². The first-order valence-corrected chi connectivity index (χ1v) is 7.16. The third-order valence-corrected chi connectivity index (χ3v) is 2.93. The van der Waals surface area contributed by atoms with Crippen LogP contribution in [0, 0.1) is 0 Å². The molecule has 0 spiro atoms. The second kappa shape index (κ2) is 7.47. The summed E-state index contributed by atoms with van der Waals surface area (Å²) >= 11 is 0. The van der Waals surface area contributed by atoms with E-state index in [1.165, 1.54) is 0 Å². The smallest absolute Gasteiger partial charge is 0.407 e. The maximum Gasteiger partial charge on any atom is 0.407 e. The van der Waals surface area contributed by atoms with Gasteiger partial charge in [0.15, 0.2) is 0 Å². The highest BCUT2D eigenvalue weighted by molar-refractivity contribution is 5.77. The van der Waals surface area contributed by atoms with Gasteiger partial charge in [-0.15, -0.1) is 0 Å². The van der Waals surface area contributed by atoms with E-state index in [1.807, 2.05) is 6.92 Å². The minimum atomic E-state index is -0.527. The average molecular weight is 286 g/mol. The van der Waals surface area contributed by atoms with E-state index in [-0.39, 0.29) is 31.0 Å². The molecule has 0 saturated carbocycles. The molecule has 0 radical (unpaired) electrons. The highest BCUT2D eigenvalue weighted by Crippen LogP contribution is 2.15. The van der Waals surface area contributed by atoms with E-state index in [1.54, 1.807) is 20.8 Å². The van der Waals surface area contributed by atoms with Crippen LogP contribution < -0.4 is 10.6 Å². The third kappa shape index (κ3) is 6.75. The Bertz CT molecular complexity index is 333. The minimum absolute atomic E-state index is 0.00604. The fraction of sp³-hybridized carbons (Fsp3) is 0.857. The summed E-state index contributed by atoms with van der Waals surface area (Å²) in [6, 6.07) is 0.00604. The van der Waals surface area contributed by atoms with Gasteiger partial charge in [-0.05, 0) is 40.5 Å². The van der Waals surface area contributed by atoms with Gasteiger partial charge < -0.3 is 20.1 Å². The summed E-state index contributed by atoms with van der Waals surface area (Å²) in [5, 5.41) is 5.45. The van der Waals surface area contributed by atoms with E-state index in [9.17, 15) is 9.59 Å². The zero-order valence-electron chi connectivity index (χ0n) is 12.8. The average Bonchev–Trinajstić information content (AvgIpc) is 2.79. The fourth-order valence-corrected chi connectivity index (χ4v) is 2.01. The van der Waals surface area contributed by atoms with Crippen molar-refractivity contribution < 1.29 is 19.1 Å². The summed E-state index contributed by atoms with van der Waals surface area (Å²) in [4.78, 5) is 23.1. The number of hydrogen-bond donors (Lipinski definition) is 2.